The standard InChI is InChI=1S/C20H23N7O3/c1-12-9-17(28)23-20(21-12)27-16(10-15(24-27)13-7-5-4-6-8-13)22-18(29)14-11-26(2)25-19(14)30-3/h4-8,10-12,20-21H,9H2,1-3H3,(H,22,29)(H,23,28). The zero-order chi connectivity index (χ0) is 21.3. The predicted molar refractivity (Wildman–Crippen MR) is 110 cm³/mol. The van der Waals surface area contributed by atoms with E-state index in [2.05, 4.69) is 26.1 Å². The highest BCUT2D eigenvalue weighted by molar-refractivity contribution is 6.05. The smallest absolute Gasteiger partial charge is 0.263 e. The van der Waals surface area contributed by atoms with Crippen LogP contribution in [0.2, 0.25) is 0 Å². The molecule has 1 aliphatic rings. The van der Waals surface area contributed by atoms with Gasteiger partial charge in [-0.2, -0.15) is 5.10 Å². The van der Waals surface area contributed by atoms with Gasteiger partial charge in [-0.15, -0.1) is 5.10 Å². The molecule has 2 amide bonds. The van der Waals surface area contributed by atoms with E-state index >= 15 is 0 Å². The van der Waals surface area contributed by atoms with Crippen molar-refractivity contribution >= 4 is 17.6 Å². The quantitative estimate of drug-likeness (QED) is 0.588. The van der Waals surface area contributed by atoms with Crippen LogP contribution in [0.4, 0.5) is 5.82 Å². The molecular weight excluding hydrogens is 386 g/mol. The molecule has 0 radical (unpaired) electrons. The number of nitrogens with zero attached hydrogens (tertiary/aromatic N) is 4. The summed E-state index contributed by atoms with van der Waals surface area (Å²) in [4.78, 5) is 25.0. The summed E-state index contributed by atoms with van der Waals surface area (Å²) in [5, 5.41) is 17.8. The van der Waals surface area contributed by atoms with E-state index in [-0.39, 0.29) is 17.8 Å². The zero-order valence-corrected chi connectivity index (χ0v) is 16.9. The first kappa shape index (κ1) is 19.6. The maximum absolute atomic E-state index is 12.9. The molecule has 2 aromatic heterocycles. The Labute approximate surface area is 173 Å². The van der Waals surface area contributed by atoms with Crippen molar-refractivity contribution in [2.24, 2.45) is 7.05 Å². The monoisotopic (exact) mass is 409 g/mol. The van der Waals surface area contributed by atoms with Crippen molar-refractivity contribution < 1.29 is 14.3 Å². The van der Waals surface area contributed by atoms with Gasteiger partial charge in [-0.05, 0) is 6.92 Å². The number of carbonyl (C=O) groups excluding carboxylic acids is 2. The molecule has 3 heterocycles. The molecule has 1 saturated heterocycles. The molecule has 2 atom stereocenters. The molecule has 2 unspecified atom stereocenters. The minimum absolute atomic E-state index is 0.0323. The SMILES string of the molecule is COc1nn(C)cc1C(=O)Nc1cc(-c2ccccc2)nn1C1NC(=O)CC(C)N1. The third-order valence-electron chi connectivity index (χ3n) is 4.76. The van der Waals surface area contributed by atoms with Crippen LogP contribution in [0.1, 0.15) is 30.0 Å². The number of aryl methyl sites for hydroxylation is 1. The van der Waals surface area contributed by atoms with Crippen molar-refractivity contribution in [2.75, 3.05) is 12.4 Å². The summed E-state index contributed by atoms with van der Waals surface area (Å²) >= 11 is 0. The number of hydrogen-bond acceptors (Lipinski definition) is 6. The Hall–Kier alpha value is -3.66. The third kappa shape index (κ3) is 3.90. The van der Waals surface area contributed by atoms with Gasteiger partial charge in [0.15, 0.2) is 6.29 Å². The van der Waals surface area contributed by atoms with Crippen LogP contribution in [-0.2, 0) is 11.8 Å². The van der Waals surface area contributed by atoms with E-state index in [1.54, 1.807) is 24.0 Å². The van der Waals surface area contributed by atoms with E-state index in [1.807, 2.05) is 37.3 Å². The first-order chi connectivity index (χ1) is 14.4. The third-order valence-corrected chi connectivity index (χ3v) is 4.76. The molecule has 1 fully saturated rings. The van der Waals surface area contributed by atoms with Crippen LogP contribution >= 0.6 is 0 Å². The van der Waals surface area contributed by atoms with Crippen molar-refractivity contribution in [1.82, 2.24) is 30.2 Å². The summed E-state index contributed by atoms with van der Waals surface area (Å²) in [6.45, 7) is 1.92. The molecular formula is C20H23N7O3. The number of methoxy groups -OCH3 is 1. The molecule has 30 heavy (non-hydrogen) atoms. The number of nitrogens with one attached hydrogen (secondary N) is 3. The van der Waals surface area contributed by atoms with E-state index in [0.29, 0.717) is 23.5 Å². The van der Waals surface area contributed by atoms with Crippen LogP contribution in [0.3, 0.4) is 0 Å². The van der Waals surface area contributed by atoms with Gasteiger partial charge in [-0.25, -0.2) is 4.68 Å². The van der Waals surface area contributed by atoms with Gasteiger partial charge >= 0.3 is 0 Å². The summed E-state index contributed by atoms with van der Waals surface area (Å²) in [6, 6.07) is 11.3. The molecule has 10 heteroatoms. The molecule has 3 aromatic rings. The number of hydrogen-bond donors (Lipinski definition) is 3. The highest BCUT2D eigenvalue weighted by Gasteiger charge is 2.28. The highest BCUT2D eigenvalue weighted by Crippen LogP contribution is 2.26. The number of carbonyl (C=O) groups is 2. The zero-order valence-electron chi connectivity index (χ0n) is 16.9. The van der Waals surface area contributed by atoms with Crippen LogP contribution in [0.5, 0.6) is 5.88 Å². The molecule has 156 valence electrons. The second-order valence-electron chi connectivity index (χ2n) is 7.15. The molecule has 0 aliphatic carbocycles. The number of benzene rings is 1. The molecule has 10 nitrogen and oxygen atoms in total. The second kappa shape index (κ2) is 7.99. The van der Waals surface area contributed by atoms with E-state index in [0.717, 1.165) is 5.56 Å². The number of amides is 2. The van der Waals surface area contributed by atoms with Crippen LogP contribution in [0.15, 0.2) is 42.6 Å². The Morgan fingerprint density at radius 3 is 2.73 bits per heavy atom. The summed E-state index contributed by atoms with van der Waals surface area (Å²) in [6.07, 6.45) is 1.36. The minimum Gasteiger partial charge on any atom is -0.479 e. The minimum atomic E-state index is -0.593. The van der Waals surface area contributed by atoms with Gasteiger partial charge < -0.3 is 15.4 Å². The Bertz CT molecular complexity index is 1070. The van der Waals surface area contributed by atoms with Crippen molar-refractivity contribution in [3.63, 3.8) is 0 Å². The molecule has 0 spiro atoms. The number of rotatable bonds is 5. The summed E-state index contributed by atoms with van der Waals surface area (Å²) in [5.41, 5.74) is 1.85. The van der Waals surface area contributed by atoms with Crippen molar-refractivity contribution in [3.05, 3.63) is 48.2 Å². The van der Waals surface area contributed by atoms with E-state index in [4.69, 9.17) is 4.74 Å². The maximum atomic E-state index is 12.9. The van der Waals surface area contributed by atoms with Crippen molar-refractivity contribution in [3.8, 4) is 17.1 Å². The van der Waals surface area contributed by atoms with Gasteiger partial charge in [0.1, 0.15) is 11.4 Å². The van der Waals surface area contributed by atoms with E-state index < -0.39 is 12.2 Å². The topological polar surface area (TPSA) is 115 Å². The number of ether oxygens (including phenoxy) is 1. The predicted octanol–water partition coefficient (Wildman–Crippen LogP) is 1.50. The van der Waals surface area contributed by atoms with Crippen molar-refractivity contribution in [1.29, 1.82) is 0 Å². The molecule has 1 aliphatic heterocycles. The van der Waals surface area contributed by atoms with Crippen LogP contribution < -0.4 is 20.7 Å². The van der Waals surface area contributed by atoms with Gasteiger partial charge in [-0.1, -0.05) is 30.3 Å². The van der Waals surface area contributed by atoms with Gasteiger partial charge in [-0.3, -0.25) is 19.6 Å². The molecule has 3 N–H and O–H groups in total. The Kier molecular flexibility index (Phi) is 5.23. The van der Waals surface area contributed by atoms with Gasteiger partial charge in [0.25, 0.3) is 5.91 Å². The Balaban J connectivity index is 1.70. The maximum Gasteiger partial charge on any atom is 0.263 e. The first-order valence-electron chi connectivity index (χ1n) is 9.54. The Morgan fingerprint density at radius 1 is 1.27 bits per heavy atom. The normalized spacial score (nSPS) is 18.7. The number of aromatic nitrogens is 4. The van der Waals surface area contributed by atoms with Crippen molar-refractivity contribution in [2.45, 2.75) is 25.7 Å². The largest absolute Gasteiger partial charge is 0.479 e. The van der Waals surface area contributed by atoms with E-state index in [1.165, 1.54) is 11.8 Å². The lowest BCUT2D eigenvalue weighted by Gasteiger charge is -2.30. The number of anilines is 1. The van der Waals surface area contributed by atoms with Gasteiger partial charge in [0.05, 0.1) is 12.8 Å². The average Bonchev–Trinajstić information content (AvgIpc) is 3.31. The highest BCUT2D eigenvalue weighted by atomic mass is 16.5. The van der Waals surface area contributed by atoms with Crippen LogP contribution in [-0.4, -0.2) is 44.5 Å². The molecule has 1 aromatic carbocycles. The lowest BCUT2D eigenvalue weighted by molar-refractivity contribution is -0.125. The van der Waals surface area contributed by atoms with Crippen LogP contribution in [0.25, 0.3) is 11.3 Å². The summed E-state index contributed by atoms with van der Waals surface area (Å²) in [5.74, 6) is 0.170. The lowest BCUT2D eigenvalue weighted by atomic mass is 10.1. The molecule has 4 rings (SSSR count). The fourth-order valence-corrected chi connectivity index (χ4v) is 3.38. The summed E-state index contributed by atoms with van der Waals surface area (Å²) < 4.78 is 8.26. The van der Waals surface area contributed by atoms with E-state index in [9.17, 15) is 9.59 Å². The fourth-order valence-electron chi connectivity index (χ4n) is 3.38. The average molecular weight is 409 g/mol. The lowest BCUT2D eigenvalue weighted by Crippen LogP contribution is -2.52. The van der Waals surface area contributed by atoms with Gasteiger partial charge in [0.2, 0.25) is 11.8 Å². The second-order valence-corrected chi connectivity index (χ2v) is 7.15. The van der Waals surface area contributed by atoms with Crippen LogP contribution in [0, 0.1) is 0 Å². The molecule has 0 saturated carbocycles. The van der Waals surface area contributed by atoms with Gasteiger partial charge in [0, 0.05) is 37.3 Å². The first-order valence-corrected chi connectivity index (χ1v) is 9.54. The Morgan fingerprint density at radius 2 is 2.03 bits per heavy atom. The fraction of sp³-hybridized carbons (Fsp3) is 0.300. The molecule has 0 bridgehead atoms. The summed E-state index contributed by atoms with van der Waals surface area (Å²) in [7, 11) is 3.17.